The number of thioether (sulfide) groups is 1. The molecule has 1 aromatic heterocycles. The molecule has 0 saturated heterocycles. The van der Waals surface area contributed by atoms with Crippen LogP contribution >= 0.6 is 24.4 Å². The number of aromatic amines is 1. The number of hydrogen-bond donors (Lipinski definition) is 8. The Bertz CT molecular complexity index is 1040. The number of thiol groups is 1. The number of carboxylic acid groups (broad SMARTS) is 1. The highest BCUT2D eigenvalue weighted by molar-refractivity contribution is 7.98. The number of amides is 3. The monoisotopic (exact) mass is 552 g/mol. The van der Waals surface area contributed by atoms with E-state index < -0.39 is 47.9 Å². The molecule has 0 spiro atoms. The normalized spacial score (nSPS) is 14.1. The highest BCUT2D eigenvalue weighted by Crippen LogP contribution is 2.12. The van der Waals surface area contributed by atoms with Crippen LogP contribution in [-0.2, 0) is 32.0 Å². The maximum absolute atomic E-state index is 13.2. The standard InChI is InChI=1S/C23H32N6O6S2/c1-37-7-6-17(27-20(31)16(24)9-14-10-25-12-26-14)21(32)28-18(8-13-2-4-15(30)5-3-13)22(33)29-19(11-36)23(34)35/h2-5,10,12,16-19,30,36H,6-9,11,24H2,1H3,(H,25,26)(H,27,31)(H,28,32)(H,29,33)(H,34,35). The zero-order valence-corrected chi connectivity index (χ0v) is 21.9. The van der Waals surface area contributed by atoms with Gasteiger partial charge < -0.3 is 36.9 Å². The number of phenols is 1. The molecule has 37 heavy (non-hydrogen) atoms. The Morgan fingerprint density at radius 1 is 1.03 bits per heavy atom. The van der Waals surface area contributed by atoms with Crippen LogP contribution in [0.15, 0.2) is 36.8 Å². The van der Waals surface area contributed by atoms with Gasteiger partial charge in [0, 0.05) is 30.5 Å². The van der Waals surface area contributed by atoms with Crippen LogP contribution in [0.5, 0.6) is 5.75 Å². The number of carbonyl (C=O) groups is 4. The van der Waals surface area contributed by atoms with E-state index in [4.69, 9.17) is 5.73 Å². The molecule has 8 N–H and O–H groups in total. The maximum Gasteiger partial charge on any atom is 0.327 e. The van der Waals surface area contributed by atoms with Crippen molar-refractivity contribution in [3.63, 3.8) is 0 Å². The molecule has 1 aromatic carbocycles. The molecule has 0 aliphatic heterocycles. The fraction of sp³-hybridized carbons (Fsp3) is 0.435. The largest absolute Gasteiger partial charge is 0.508 e. The summed E-state index contributed by atoms with van der Waals surface area (Å²) in [4.78, 5) is 57.1. The number of rotatable bonds is 15. The number of nitrogens with one attached hydrogen (secondary N) is 4. The van der Waals surface area contributed by atoms with Crippen molar-refractivity contribution in [3.8, 4) is 5.75 Å². The molecule has 4 atom stereocenters. The van der Waals surface area contributed by atoms with Gasteiger partial charge in [0.15, 0.2) is 0 Å². The lowest BCUT2D eigenvalue weighted by atomic mass is 10.0. The summed E-state index contributed by atoms with van der Waals surface area (Å²) in [6.45, 7) is 0. The Labute approximate surface area is 224 Å². The molecule has 0 saturated carbocycles. The molecule has 4 unspecified atom stereocenters. The van der Waals surface area contributed by atoms with Crippen molar-refractivity contribution in [2.24, 2.45) is 5.73 Å². The van der Waals surface area contributed by atoms with E-state index in [1.54, 1.807) is 18.3 Å². The molecular weight excluding hydrogens is 520 g/mol. The molecule has 0 fully saturated rings. The van der Waals surface area contributed by atoms with E-state index in [0.29, 0.717) is 17.0 Å². The Balaban J connectivity index is 2.17. The molecule has 1 heterocycles. The van der Waals surface area contributed by atoms with Gasteiger partial charge in [-0.25, -0.2) is 9.78 Å². The fourth-order valence-corrected chi connectivity index (χ4v) is 4.04. The van der Waals surface area contributed by atoms with E-state index in [2.05, 4.69) is 38.5 Å². The van der Waals surface area contributed by atoms with Crippen LogP contribution in [0.3, 0.4) is 0 Å². The Morgan fingerprint density at radius 3 is 2.22 bits per heavy atom. The molecule has 0 aliphatic rings. The lowest BCUT2D eigenvalue weighted by Crippen LogP contribution is -2.58. The topological polar surface area (TPSA) is 200 Å². The fourth-order valence-electron chi connectivity index (χ4n) is 3.32. The first-order valence-electron chi connectivity index (χ1n) is 11.4. The van der Waals surface area contributed by atoms with Crippen molar-refractivity contribution in [1.29, 1.82) is 0 Å². The number of aromatic hydroxyl groups is 1. The van der Waals surface area contributed by atoms with Crippen LogP contribution < -0.4 is 21.7 Å². The number of aliphatic carboxylic acids is 1. The molecule has 202 valence electrons. The zero-order valence-electron chi connectivity index (χ0n) is 20.2. The number of carbonyl (C=O) groups excluding carboxylic acids is 3. The van der Waals surface area contributed by atoms with E-state index >= 15 is 0 Å². The molecule has 0 aliphatic carbocycles. The van der Waals surface area contributed by atoms with Crippen LogP contribution in [-0.4, -0.2) is 85.8 Å². The lowest BCUT2D eigenvalue weighted by Gasteiger charge is -2.25. The van der Waals surface area contributed by atoms with Crippen LogP contribution in [0.4, 0.5) is 0 Å². The van der Waals surface area contributed by atoms with Crippen molar-refractivity contribution in [2.75, 3.05) is 17.8 Å². The summed E-state index contributed by atoms with van der Waals surface area (Å²) in [5, 5.41) is 26.5. The highest BCUT2D eigenvalue weighted by atomic mass is 32.2. The molecular formula is C23H32N6O6S2. The minimum absolute atomic E-state index is 0.0132. The smallest absolute Gasteiger partial charge is 0.327 e. The molecule has 0 bridgehead atoms. The summed E-state index contributed by atoms with van der Waals surface area (Å²) in [5.74, 6) is -2.74. The first-order valence-corrected chi connectivity index (χ1v) is 13.4. The van der Waals surface area contributed by atoms with E-state index in [1.807, 2.05) is 6.26 Å². The third kappa shape index (κ3) is 9.98. The van der Waals surface area contributed by atoms with Crippen molar-refractivity contribution in [2.45, 2.75) is 43.4 Å². The summed E-state index contributed by atoms with van der Waals surface area (Å²) in [6, 6.07) is 1.68. The van der Waals surface area contributed by atoms with Crippen LogP contribution in [0.25, 0.3) is 0 Å². The van der Waals surface area contributed by atoms with Crippen molar-refractivity contribution in [3.05, 3.63) is 48.0 Å². The second kappa shape index (κ2) is 15.1. The first-order chi connectivity index (χ1) is 17.6. The second-order valence-electron chi connectivity index (χ2n) is 8.24. The Hall–Kier alpha value is -3.23. The van der Waals surface area contributed by atoms with Gasteiger partial charge >= 0.3 is 5.97 Å². The number of nitrogens with two attached hydrogens (primary N) is 1. The number of phenolic OH excluding ortho intramolecular Hbond substituents is 1. The maximum atomic E-state index is 13.2. The Morgan fingerprint density at radius 2 is 1.65 bits per heavy atom. The predicted octanol–water partition coefficient (Wildman–Crippen LogP) is -0.550. The number of nitrogens with zero attached hydrogens (tertiary/aromatic N) is 1. The van der Waals surface area contributed by atoms with Gasteiger partial charge in [-0.05, 0) is 36.1 Å². The number of benzene rings is 1. The van der Waals surface area contributed by atoms with Gasteiger partial charge in [0.1, 0.15) is 23.9 Å². The molecule has 0 radical (unpaired) electrons. The van der Waals surface area contributed by atoms with Gasteiger partial charge in [0.05, 0.1) is 12.4 Å². The summed E-state index contributed by atoms with van der Waals surface area (Å²) >= 11 is 5.44. The molecule has 14 heteroatoms. The van der Waals surface area contributed by atoms with Crippen LogP contribution in [0.1, 0.15) is 17.7 Å². The summed E-state index contributed by atoms with van der Waals surface area (Å²) in [7, 11) is 0. The quantitative estimate of drug-likeness (QED) is 0.134. The summed E-state index contributed by atoms with van der Waals surface area (Å²) in [6.07, 6.45) is 5.35. The van der Waals surface area contributed by atoms with Crippen LogP contribution in [0, 0.1) is 0 Å². The van der Waals surface area contributed by atoms with Gasteiger partial charge in [-0.2, -0.15) is 24.4 Å². The predicted molar refractivity (Wildman–Crippen MR) is 142 cm³/mol. The average molecular weight is 553 g/mol. The minimum atomic E-state index is -1.27. The summed E-state index contributed by atoms with van der Waals surface area (Å²) < 4.78 is 0. The number of H-pyrrole nitrogens is 1. The average Bonchev–Trinajstić information content (AvgIpc) is 3.38. The van der Waals surface area contributed by atoms with E-state index in [9.17, 15) is 29.4 Å². The molecule has 2 aromatic rings. The number of hydrogen-bond acceptors (Lipinski definition) is 9. The van der Waals surface area contributed by atoms with Gasteiger partial charge in [-0.15, -0.1) is 0 Å². The zero-order chi connectivity index (χ0) is 27.4. The van der Waals surface area contributed by atoms with Crippen LogP contribution in [0.2, 0.25) is 0 Å². The molecule has 2 rings (SSSR count). The highest BCUT2D eigenvalue weighted by Gasteiger charge is 2.30. The minimum Gasteiger partial charge on any atom is -0.508 e. The third-order valence-electron chi connectivity index (χ3n) is 5.38. The van der Waals surface area contributed by atoms with Gasteiger partial charge in [0.25, 0.3) is 0 Å². The van der Waals surface area contributed by atoms with Crippen molar-refractivity contribution < 1.29 is 29.4 Å². The second-order valence-corrected chi connectivity index (χ2v) is 9.59. The van der Waals surface area contributed by atoms with Gasteiger partial charge in [-0.1, -0.05) is 12.1 Å². The number of imidazole rings is 1. The van der Waals surface area contributed by atoms with E-state index in [0.717, 1.165) is 0 Å². The van der Waals surface area contributed by atoms with Gasteiger partial charge in [-0.3, -0.25) is 14.4 Å². The number of aromatic nitrogens is 2. The van der Waals surface area contributed by atoms with E-state index in [1.165, 1.54) is 30.2 Å². The van der Waals surface area contributed by atoms with Gasteiger partial charge in [0.2, 0.25) is 17.7 Å². The Kier molecular flexibility index (Phi) is 12.3. The van der Waals surface area contributed by atoms with E-state index in [-0.39, 0.29) is 30.8 Å². The summed E-state index contributed by atoms with van der Waals surface area (Å²) in [5.41, 5.74) is 7.28. The lowest BCUT2D eigenvalue weighted by molar-refractivity contribution is -0.141. The molecule has 3 amide bonds. The van der Waals surface area contributed by atoms with Crippen molar-refractivity contribution in [1.82, 2.24) is 25.9 Å². The number of carboxylic acids is 1. The molecule has 12 nitrogen and oxygen atoms in total. The first kappa shape index (κ1) is 30.0. The third-order valence-corrected chi connectivity index (χ3v) is 6.39. The SMILES string of the molecule is CSCCC(NC(=O)C(N)Cc1cnc[nH]1)C(=O)NC(Cc1ccc(O)cc1)C(=O)NC(CS)C(=O)O. The van der Waals surface area contributed by atoms with Crippen molar-refractivity contribution >= 4 is 48.1 Å².